The first-order valence-electron chi connectivity index (χ1n) is 7.85. The molecule has 0 saturated heterocycles. The number of aliphatic imine (C=N–C) groups is 2. The van der Waals surface area contributed by atoms with E-state index in [-0.39, 0.29) is 23.5 Å². The first kappa shape index (κ1) is 15.9. The highest BCUT2D eigenvalue weighted by Gasteiger charge is 2.33. The van der Waals surface area contributed by atoms with Gasteiger partial charge < -0.3 is 9.73 Å². The quantitative estimate of drug-likeness (QED) is 0.832. The SMILES string of the molecule is Cc1cc(NC(=O)c2ccc(Br)o2)n(C2=NC(=O)C3CCCC3=N2)n1. The molecule has 0 spiro atoms. The number of anilines is 1. The maximum atomic E-state index is 12.3. The lowest BCUT2D eigenvalue weighted by atomic mass is 10.1. The van der Waals surface area contributed by atoms with E-state index in [1.807, 2.05) is 0 Å². The number of hydrogen-bond donors (Lipinski definition) is 1. The molecule has 1 saturated carbocycles. The average Bonchev–Trinajstić information content (AvgIpc) is 3.27. The van der Waals surface area contributed by atoms with Crippen LogP contribution in [0, 0.1) is 12.8 Å². The molecule has 1 atom stereocenters. The fraction of sp³-hybridized carbons (Fsp3) is 0.312. The van der Waals surface area contributed by atoms with E-state index in [9.17, 15) is 9.59 Å². The fourth-order valence-electron chi connectivity index (χ4n) is 3.01. The average molecular weight is 404 g/mol. The number of halogens is 1. The minimum atomic E-state index is -0.430. The summed E-state index contributed by atoms with van der Waals surface area (Å²) in [5, 5.41) is 7.03. The van der Waals surface area contributed by atoms with Crippen LogP contribution in [0.25, 0.3) is 0 Å². The van der Waals surface area contributed by atoms with E-state index in [4.69, 9.17) is 4.42 Å². The Labute approximate surface area is 151 Å². The number of amides is 2. The molecule has 9 heteroatoms. The molecule has 8 nitrogen and oxygen atoms in total. The molecule has 2 aromatic rings. The first-order valence-corrected chi connectivity index (χ1v) is 8.64. The van der Waals surface area contributed by atoms with Gasteiger partial charge in [-0.25, -0.2) is 4.99 Å². The highest BCUT2D eigenvalue weighted by Crippen LogP contribution is 2.27. The predicted molar refractivity (Wildman–Crippen MR) is 93.9 cm³/mol. The molecule has 1 unspecified atom stereocenters. The Balaban J connectivity index is 1.65. The Morgan fingerprint density at radius 1 is 1.40 bits per heavy atom. The molecule has 0 radical (unpaired) electrons. The number of furan rings is 1. The van der Waals surface area contributed by atoms with Crippen LogP contribution in [0.3, 0.4) is 0 Å². The molecule has 3 heterocycles. The maximum Gasteiger partial charge on any atom is 0.292 e. The Kier molecular flexibility index (Phi) is 3.87. The van der Waals surface area contributed by atoms with Crippen molar-refractivity contribution >= 4 is 45.2 Å². The van der Waals surface area contributed by atoms with E-state index < -0.39 is 5.91 Å². The number of rotatable bonds is 2. The van der Waals surface area contributed by atoms with Crippen LogP contribution < -0.4 is 5.32 Å². The van der Waals surface area contributed by atoms with Gasteiger partial charge in [0.15, 0.2) is 10.4 Å². The Hall–Kier alpha value is -2.55. The van der Waals surface area contributed by atoms with Crippen molar-refractivity contribution < 1.29 is 14.0 Å². The molecule has 2 amide bonds. The van der Waals surface area contributed by atoms with Gasteiger partial charge in [-0.1, -0.05) is 0 Å². The van der Waals surface area contributed by atoms with Crippen molar-refractivity contribution in [3.8, 4) is 0 Å². The third kappa shape index (κ3) is 2.95. The summed E-state index contributed by atoms with van der Waals surface area (Å²) >= 11 is 3.16. The Morgan fingerprint density at radius 3 is 3.00 bits per heavy atom. The molecule has 0 bridgehead atoms. The molecule has 2 aromatic heterocycles. The van der Waals surface area contributed by atoms with Gasteiger partial charge in [-0.2, -0.15) is 14.8 Å². The second kappa shape index (κ2) is 6.07. The maximum absolute atomic E-state index is 12.3. The molecule has 128 valence electrons. The van der Waals surface area contributed by atoms with Crippen LogP contribution in [0.15, 0.2) is 37.3 Å². The highest BCUT2D eigenvalue weighted by atomic mass is 79.9. The van der Waals surface area contributed by atoms with Gasteiger partial charge in [-0.3, -0.25) is 9.59 Å². The summed E-state index contributed by atoms with van der Waals surface area (Å²) in [4.78, 5) is 33.1. The van der Waals surface area contributed by atoms with Gasteiger partial charge in [0.1, 0.15) is 5.82 Å². The minimum absolute atomic E-state index is 0.154. The van der Waals surface area contributed by atoms with Crippen LogP contribution in [0.2, 0.25) is 0 Å². The van der Waals surface area contributed by atoms with Crippen LogP contribution in [0.4, 0.5) is 5.82 Å². The molecule has 2 aliphatic rings. The number of fused-ring (bicyclic) bond motifs is 1. The zero-order valence-electron chi connectivity index (χ0n) is 13.3. The van der Waals surface area contributed by atoms with Crippen LogP contribution in [-0.2, 0) is 4.79 Å². The second-order valence-electron chi connectivity index (χ2n) is 5.94. The monoisotopic (exact) mass is 403 g/mol. The van der Waals surface area contributed by atoms with E-state index >= 15 is 0 Å². The van der Waals surface area contributed by atoms with Gasteiger partial charge in [-0.05, 0) is 54.2 Å². The fourth-order valence-corrected chi connectivity index (χ4v) is 3.31. The lowest BCUT2D eigenvalue weighted by Gasteiger charge is -2.15. The van der Waals surface area contributed by atoms with Gasteiger partial charge in [0, 0.05) is 11.8 Å². The molecule has 0 aromatic carbocycles. The molecule has 25 heavy (non-hydrogen) atoms. The van der Waals surface area contributed by atoms with Crippen molar-refractivity contribution in [1.29, 1.82) is 0 Å². The van der Waals surface area contributed by atoms with E-state index in [2.05, 4.69) is 36.3 Å². The van der Waals surface area contributed by atoms with Crippen molar-refractivity contribution in [3.63, 3.8) is 0 Å². The summed E-state index contributed by atoms with van der Waals surface area (Å²) in [6.07, 6.45) is 2.52. The molecule has 1 aliphatic heterocycles. The standard InChI is InChI=1S/C16H14BrN5O3/c1-8-7-13(19-15(24)11-5-6-12(17)25-11)22(21-8)16-18-10-4-2-3-9(10)14(23)20-16/h5-7,9H,2-4H2,1H3,(H,19,24). The number of nitrogens with zero attached hydrogens (tertiary/aromatic N) is 4. The molecule has 1 aliphatic carbocycles. The van der Waals surface area contributed by atoms with E-state index in [0.717, 1.165) is 25.0 Å². The summed E-state index contributed by atoms with van der Waals surface area (Å²) in [7, 11) is 0. The third-order valence-electron chi connectivity index (χ3n) is 4.14. The molecule has 1 fully saturated rings. The molecular weight excluding hydrogens is 390 g/mol. The summed E-state index contributed by atoms with van der Waals surface area (Å²) in [5.74, 6) is -0.108. The van der Waals surface area contributed by atoms with Gasteiger partial charge in [0.25, 0.3) is 17.8 Å². The molecule has 1 N–H and O–H groups in total. The van der Waals surface area contributed by atoms with E-state index in [0.29, 0.717) is 16.2 Å². The minimum Gasteiger partial charge on any atom is -0.444 e. The normalized spacial score (nSPS) is 19.4. The lowest BCUT2D eigenvalue weighted by molar-refractivity contribution is -0.119. The van der Waals surface area contributed by atoms with Crippen molar-refractivity contribution in [2.45, 2.75) is 26.2 Å². The van der Waals surface area contributed by atoms with Crippen molar-refractivity contribution in [2.24, 2.45) is 15.9 Å². The van der Waals surface area contributed by atoms with Crippen molar-refractivity contribution in [2.75, 3.05) is 5.32 Å². The largest absolute Gasteiger partial charge is 0.444 e. The first-order chi connectivity index (χ1) is 12.0. The van der Waals surface area contributed by atoms with E-state index in [1.54, 1.807) is 25.1 Å². The van der Waals surface area contributed by atoms with E-state index in [1.165, 1.54) is 4.68 Å². The van der Waals surface area contributed by atoms with Crippen LogP contribution >= 0.6 is 15.9 Å². The summed E-state index contributed by atoms with van der Waals surface area (Å²) in [6, 6.07) is 4.87. The molecule has 4 rings (SSSR count). The number of aromatic nitrogens is 2. The Morgan fingerprint density at radius 2 is 2.24 bits per heavy atom. The number of nitrogens with one attached hydrogen (secondary N) is 1. The van der Waals surface area contributed by atoms with Crippen LogP contribution in [0.1, 0.15) is 35.5 Å². The number of carbonyl (C=O) groups is 2. The lowest BCUT2D eigenvalue weighted by Crippen LogP contribution is -2.29. The highest BCUT2D eigenvalue weighted by molar-refractivity contribution is 9.10. The molecular formula is C16H14BrN5O3. The van der Waals surface area contributed by atoms with Gasteiger partial charge in [-0.15, -0.1) is 0 Å². The topological polar surface area (TPSA) is 102 Å². The number of aryl methyl sites for hydroxylation is 1. The van der Waals surface area contributed by atoms with Crippen LogP contribution in [0.5, 0.6) is 0 Å². The zero-order valence-corrected chi connectivity index (χ0v) is 14.9. The zero-order chi connectivity index (χ0) is 17.6. The van der Waals surface area contributed by atoms with Gasteiger partial charge in [0.2, 0.25) is 0 Å². The van der Waals surface area contributed by atoms with Gasteiger partial charge >= 0.3 is 0 Å². The van der Waals surface area contributed by atoms with Crippen LogP contribution in [-0.4, -0.2) is 33.3 Å². The summed E-state index contributed by atoms with van der Waals surface area (Å²) < 4.78 is 7.09. The second-order valence-corrected chi connectivity index (χ2v) is 6.72. The van der Waals surface area contributed by atoms with Gasteiger partial charge in [0.05, 0.1) is 11.6 Å². The van der Waals surface area contributed by atoms with Crippen molar-refractivity contribution in [3.05, 3.63) is 34.3 Å². The smallest absolute Gasteiger partial charge is 0.292 e. The summed E-state index contributed by atoms with van der Waals surface area (Å²) in [6.45, 7) is 1.78. The third-order valence-corrected chi connectivity index (χ3v) is 4.57. The Bertz CT molecular complexity index is 939. The predicted octanol–water partition coefficient (Wildman–Crippen LogP) is 2.78. The number of carbonyl (C=O) groups excluding carboxylic acids is 2. The summed E-state index contributed by atoms with van der Waals surface area (Å²) in [5.41, 5.74) is 1.51. The van der Waals surface area contributed by atoms with Crippen molar-refractivity contribution in [1.82, 2.24) is 9.78 Å². The number of hydrogen-bond acceptors (Lipinski definition) is 5.